The number of halogens is 3. The number of benzene rings is 1. The van der Waals surface area contributed by atoms with E-state index in [0.29, 0.717) is 12.1 Å². The third-order valence-corrected chi connectivity index (χ3v) is 3.79. The van der Waals surface area contributed by atoms with E-state index in [0.717, 1.165) is 19.3 Å². The maximum absolute atomic E-state index is 13.3. The Balaban J connectivity index is 3.28. The van der Waals surface area contributed by atoms with Gasteiger partial charge in [0, 0.05) is 24.8 Å². The molecule has 0 spiro atoms. The number of anilines is 1. The molecule has 5 heteroatoms. The van der Waals surface area contributed by atoms with E-state index in [2.05, 4.69) is 0 Å². The normalized spacial score (nSPS) is 13.3. The van der Waals surface area contributed by atoms with E-state index in [1.807, 2.05) is 25.7 Å². The quantitative estimate of drug-likeness (QED) is 0.799. The summed E-state index contributed by atoms with van der Waals surface area (Å²) in [5, 5.41) is 0. The molecule has 120 valence electrons. The molecule has 0 bridgehead atoms. The van der Waals surface area contributed by atoms with Crippen LogP contribution in [0.25, 0.3) is 0 Å². The van der Waals surface area contributed by atoms with Crippen molar-refractivity contribution in [1.29, 1.82) is 0 Å². The van der Waals surface area contributed by atoms with Gasteiger partial charge < -0.3 is 10.6 Å². The molecule has 1 aromatic rings. The lowest BCUT2D eigenvalue weighted by atomic mass is 10.0. The number of nitrogens with zero attached hydrogens (tertiary/aromatic N) is 1. The predicted molar refractivity (Wildman–Crippen MR) is 81.3 cm³/mol. The second kappa shape index (κ2) is 7.69. The molecule has 2 N–H and O–H groups in total. The van der Waals surface area contributed by atoms with Gasteiger partial charge in [0.2, 0.25) is 0 Å². The minimum Gasteiger partial charge on any atom is -0.368 e. The SMILES string of the molecule is CCCCN(c1ccc(CN)cc1C(F)(F)F)C(C)CC. The minimum absolute atomic E-state index is 0.0707. The van der Waals surface area contributed by atoms with E-state index in [1.165, 1.54) is 6.07 Å². The van der Waals surface area contributed by atoms with Crippen LogP contribution in [0.3, 0.4) is 0 Å². The van der Waals surface area contributed by atoms with Gasteiger partial charge in [-0.3, -0.25) is 0 Å². The Bertz CT molecular complexity index is 444. The van der Waals surface area contributed by atoms with Crippen LogP contribution in [0.5, 0.6) is 0 Å². The molecule has 0 fully saturated rings. The lowest BCUT2D eigenvalue weighted by Gasteiger charge is -2.33. The van der Waals surface area contributed by atoms with Crippen molar-refractivity contribution in [3.05, 3.63) is 29.3 Å². The molecule has 0 saturated heterocycles. The molecule has 0 radical (unpaired) electrons. The highest BCUT2D eigenvalue weighted by atomic mass is 19.4. The van der Waals surface area contributed by atoms with Crippen molar-refractivity contribution in [3.63, 3.8) is 0 Å². The van der Waals surface area contributed by atoms with Crippen LogP contribution in [0.2, 0.25) is 0 Å². The summed E-state index contributed by atoms with van der Waals surface area (Å²) in [4.78, 5) is 1.87. The Kier molecular flexibility index (Phi) is 6.52. The van der Waals surface area contributed by atoms with Gasteiger partial charge in [0.1, 0.15) is 0 Å². The number of rotatable bonds is 7. The predicted octanol–water partition coefficient (Wildman–Crippen LogP) is 4.57. The van der Waals surface area contributed by atoms with Gasteiger partial charge in [0.25, 0.3) is 0 Å². The Morgan fingerprint density at radius 3 is 2.38 bits per heavy atom. The Morgan fingerprint density at radius 1 is 1.24 bits per heavy atom. The Labute approximate surface area is 125 Å². The van der Waals surface area contributed by atoms with Crippen molar-refractivity contribution in [2.75, 3.05) is 11.4 Å². The first-order valence-corrected chi connectivity index (χ1v) is 7.51. The first-order chi connectivity index (χ1) is 9.85. The first-order valence-electron chi connectivity index (χ1n) is 7.51. The van der Waals surface area contributed by atoms with Crippen LogP contribution in [0.4, 0.5) is 18.9 Å². The summed E-state index contributed by atoms with van der Waals surface area (Å²) in [5.41, 5.74) is 5.66. The van der Waals surface area contributed by atoms with E-state index in [1.54, 1.807) is 12.1 Å². The highest BCUT2D eigenvalue weighted by Gasteiger charge is 2.35. The van der Waals surface area contributed by atoms with Crippen molar-refractivity contribution < 1.29 is 13.2 Å². The van der Waals surface area contributed by atoms with Crippen molar-refractivity contribution in [2.45, 2.75) is 58.8 Å². The second-order valence-corrected chi connectivity index (χ2v) is 5.36. The summed E-state index contributed by atoms with van der Waals surface area (Å²) in [7, 11) is 0. The zero-order valence-corrected chi connectivity index (χ0v) is 13.0. The fourth-order valence-electron chi connectivity index (χ4n) is 2.31. The lowest BCUT2D eigenvalue weighted by Crippen LogP contribution is -2.35. The summed E-state index contributed by atoms with van der Waals surface area (Å²) in [6.45, 7) is 6.74. The van der Waals surface area contributed by atoms with Gasteiger partial charge in [-0.15, -0.1) is 0 Å². The van der Waals surface area contributed by atoms with E-state index in [-0.39, 0.29) is 18.3 Å². The molecule has 1 atom stereocenters. The molecule has 0 aliphatic rings. The van der Waals surface area contributed by atoms with Crippen LogP contribution in [-0.2, 0) is 12.7 Å². The van der Waals surface area contributed by atoms with Crippen molar-refractivity contribution in [3.8, 4) is 0 Å². The molecule has 1 unspecified atom stereocenters. The zero-order chi connectivity index (χ0) is 16.0. The third-order valence-electron chi connectivity index (χ3n) is 3.79. The standard InChI is InChI=1S/C16H25F3N2/c1-4-6-9-21(12(3)5-2)15-8-7-13(11-20)10-14(15)16(17,18)19/h7-8,10,12H,4-6,9,11,20H2,1-3H3. The summed E-state index contributed by atoms with van der Waals surface area (Å²) in [6.07, 6.45) is -1.73. The van der Waals surface area contributed by atoms with Gasteiger partial charge in [0.05, 0.1) is 5.56 Å². The monoisotopic (exact) mass is 302 g/mol. The third kappa shape index (κ3) is 4.63. The second-order valence-electron chi connectivity index (χ2n) is 5.36. The molecular weight excluding hydrogens is 277 g/mol. The summed E-state index contributed by atoms with van der Waals surface area (Å²) in [5.74, 6) is 0. The molecule has 0 aromatic heterocycles. The smallest absolute Gasteiger partial charge is 0.368 e. The molecule has 0 amide bonds. The number of unbranched alkanes of at least 4 members (excludes halogenated alkanes) is 1. The van der Waals surface area contributed by atoms with Crippen molar-refractivity contribution in [1.82, 2.24) is 0 Å². The highest BCUT2D eigenvalue weighted by Crippen LogP contribution is 2.38. The highest BCUT2D eigenvalue weighted by molar-refractivity contribution is 5.57. The number of alkyl halides is 3. The maximum Gasteiger partial charge on any atom is 0.418 e. The molecule has 0 heterocycles. The van der Waals surface area contributed by atoms with Gasteiger partial charge in [-0.25, -0.2) is 0 Å². The van der Waals surface area contributed by atoms with E-state index in [9.17, 15) is 13.2 Å². The van der Waals surface area contributed by atoms with E-state index >= 15 is 0 Å². The van der Waals surface area contributed by atoms with Crippen molar-refractivity contribution in [2.24, 2.45) is 5.73 Å². The van der Waals surface area contributed by atoms with Crippen LogP contribution in [0, 0.1) is 0 Å². The van der Waals surface area contributed by atoms with Gasteiger partial charge in [-0.2, -0.15) is 13.2 Å². The minimum atomic E-state index is -4.36. The molecule has 21 heavy (non-hydrogen) atoms. The molecule has 0 aliphatic heterocycles. The summed E-state index contributed by atoms with van der Waals surface area (Å²) >= 11 is 0. The first kappa shape index (κ1) is 17.8. The zero-order valence-electron chi connectivity index (χ0n) is 13.0. The summed E-state index contributed by atoms with van der Waals surface area (Å²) < 4.78 is 40.0. The molecule has 2 nitrogen and oxygen atoms in total. The van der Waals surface area contributed by atoms with Crippen LogP contribution in [0.15, 0.2) is 18.2 Å². The molecular formula is C16H25F3N2. The van der Waals surface area contributed by atoms with Gasteiger partial charge in [-0.05, 0) is 37.5 Å². The van der Waals surface area contributed by atoms with Crippen LogP contribution in [-0.4, -0.2) is 12.6 Å². The molecule has 1 rings (SSSR count). The van der Waals surface area contributed by atoms with Crippen molar-refractivity contribution >= 4 is 5.69 Å². The lowest BCUT2D eigenvalue weighted by molar-refractivity contribution is -0.137. The fraction of sp³-hybridized carbons (Fsp3) is 0.625. The van der Waals surface area contributed by atoms with Crippen LogP contribution >= 0.6 is 0 Å². The fourth-order valence-corrected chi connectivity index (χ4v) is 2.31. The van der Waals surface area contributed by atoms with E-state index < -0.39 is 11.7 Å². The van der Waals surface area contributed by atoms with Gasteiger partial charge in [-0.1, -0.05) is 26.3 Å². The molecule has 0 saturated carbocycles. The maximum atomic E-state index is 13.3. The topological polar surface area (TPSA) is 29.3 Å². The van der Waals surface area contributed by atoms with Gasteiger partial charge >= 0.3 is 6.18 Å². The number of nitrogens with two attached hydrogens (primary N) is 1. The average molecular weight is 302 g/mol. The van der Waals surface area contributed by atoms with Crippen LogP contribution < -0.4 is 10.6 Å². The van der Waals surface area contributed by atoms with E-state index in [4.69, 9.17) is 5.73 Å². The average Bonchev–Trinajstić information content (AvgIpc) is 2.46. The molecule has 1 aromatic carbocycles. The Hall–Kier alpha value is -1.23. The largest absolute Gasteiger partial charge is 0.418 e. The molecule has 0 aliphatic carbocycles. The number of hydrogen-bond acceptors (Lipinski definition) is 2. The van der Waals surface area contributed by atoms with Gasteiger partial charge in [0.15, 0.2) is 0 Å². The summed E-state index contributed by atoms with van der Waals surface area (Å²) in [6, 6.07) is 4.50. The Morgan fingerprint density at radius 2 is 1.90 bits per heavy atom. The van der Waals surface area contributed by atoms with Crippen LogP contribution in [0.1, 0.15) is 51.2 Å². The number of hydrogen-bond donors (Lipinski definition) is 1.